The Balaban J connectivity index is 2.61. The second kappa shape index (κ2) is 5.97. The van der Waals surface area contributed by atoms with Crippen molar-refractivity contribution >= 4 is 15.6 Å². The van der Waals surface area contributed by atoms with Crippen LogP contribution >= 0.6 is 0 Å². The fourth-order valence-electron chi connectivity index (χ4n) is 2.45. The molecule has 1 aromatic rings. The highest BCUT2D eigenvalue weighted by molar-refractivity contribution is 7.96. The van der Waals surface area contributed by atoms with Crippen LogP contribution in [0.5, 0.6) is 0 Å². The van der Waals surface area contributed by atoms with Gasteiger partial charge in [-0.2, -0.15) is 0 Å². The minimum Gasteiger partial charge on any atom is -0.387 e. The summed E-state index contributed by atoms with van der Waals surface area (Å²) in [6.45, 7) is 3.49. The highest BCUT2D eigenvalue weighted by atomic mass is 32.2. The molecule has 0 spiro atoms. The zero-order valence-corrected chi connectivity index (χ0v) is 12.9. The summed E-state index contributed by atoms with van der Waals surface area (Å²) in [5.41, 5.74) is 1.02. The molecule has 0 unspecified atom stereocenters. The number of benzene rings is 1. The van der Waals surface area contributed by atoms with Crippen molar-refractivity contribution in [2.75, 3.05) is 6.54 Å². The minimum absolute atomic E-state index is 0.315. The van der Waals surface area contributed by atoms with Gasteiger partial charge in [-0.1, -0.05) is 6.07 Å². The van der Waals surface area contributed by atoms with Gasteiger partial charge in [0.15, 0.2) is 5.78 Å². The van der Waals surface area contributed by atoms with E-state index in [0.717, 1.165) is 18.9 Å². The van der Waals surface area contributed by atoms with Gasteiger partial charge in [0.1, 0.15) is 15.6 Å². The average molecular weight is 311 g/mol. The summed E-state index contributed by atoms with van der Waals surface area (Å²) >= 11 is 0. The van der Waals surface area contributed by atoms with Gasteiger partial charge in [-0.25, -0.2) is 12.8 Å². The van der Waals surface area contributed by atoms with Crippen LogP contribution in [0.1, 0.15) is 31.7 Å². The lowest BCUT2D eigenvalue weighted by Crippen LogP contribution is -2.26. The first-order chi connectivity index (χ1) is 9.84. The number of carbonyl (C=O) groups excluding carboxylic acids is 1. The number of sulfone groups is 1. The van der Waals surface area contributed by atoms with Crippen LogP contribution < -0.4 is 5.32 Å². The summed E-state index contributed by atoms with van der Waals surface area (Å²) in [7, 11) is -4.15. The van der Waals surface area contributed by atoms with E-state index in [0.29, 0.717) is 24.2 Å². The second-order valence-electron chi connectivity index (χ2n) is 5.19. The summed E-state index contributed by atoms with van der Waals surface area (Å²) in [6, 6.07) is 3.89. The average Bonchev–Trinajstić information content (AvgIpc) is 2.38. The molecule has 1 fully saturated rings. The molecule has 0 bridgehead atoms. The van der Waals surface area contributed by atoms with Crippen LogP contribution in [0.3, 0.4) is 0 Å². The van der Waals surface area contributed by atoms with Gasteiger partial charge >= 0.3 is 0 Å². The van der Waals surface area contributed by atoms with E-state index in [1.807, 2.05) is 0 Å². The Labute approximate surface area is 124 Å². The van der Waals surface area contributed by atoms with Crippen molar-refractivity contribution in [3.05, 3.63) is 40.2 Å². The quantitative estimate of drug-likeness (QED) is 0.871. The van der Waals surface area contributed by atoms with Crippen LogP contribution in [0.2, 0.25) is 0 Å². The monoisotopic (exact) mass is 311 g/mol. The number of rotatable bonds is 3. The van der Waals surface area contributed by atoms with Gasteiger partial charge in [-0.3, -0.25) is 4.79 Å². The third kappa shape index (κ3) is 3.15. The normalized spacial score (nSPS) is 18.0. The summed E-state index contributed by atoms with van der Waals surface area (Å²) in [6.07, 6.45) is 2.22. The molecule has 0 aliphatic carbocycles. The van der Waals surface area contributed by atoms with Crippen molar-refractivity contribution in [3.63, 3.8) is 0 Å². The van der Waals surface area contributed by atoms with E-state index in [9.17, 15) is 17.6 Å². The van der Waals surface area contributed by atoms with Crippen molar-refractivity contribution in [3.8, 4) is 0 Å². The van der Waals surface area contributed by atoms with Crippen LogP contribution in [0.25, 0.3) is 0 Å². The van der Waals surface area contributed by atoms with Crippen LogP contribution in [0.15, 0.2) is 33.7 Å². The Morgan fingerprint density at radius 2 is 2.00 bits per heavy atom. The third-order valence-corrected chi connectivity index (χ3v) is 5.41. The fourth-order valence-corrected chi connectivity index (χ4v) is 4.11. The molecule has 4 nitrogen and oxygen atoms in total. The molecule has 21 heavy (non-hydrogen) atoms. The Kier molecular flexibility index (Phi) is 4.46. The number of allylic oxidation sites excluding steroid dienone is 2. The molecule has 0 saturated carbocycles. The summed E-state index contributed by atoms with van der Waals surface area (Å²) in [5.74, 6) is -1.40. The molecule has 1 aromatic carbocycles. The van der Waals surface area contributed by atoms with Crippen molar-refractivity contribution in [1.29, 1.82) is 0 Å². The van der Waals surface area contributed by atoms with Gasteiger partial charge in [0.05, 0.1) is 0 Å². The predicted octanol–water partition coefficient (Wildman–Crippen LogP) is 2.48. The standard InChI is InChI=1S/C15H18FNO3S/c1-10-6-7-14(12(16)9-10)21(19,20)15(11(2)18)13-5-3-4-8-17-13/h6-7,9,17H,3-5,8H2,1-2H3/b15-13-. The first-order valence-corrected chi connectivity index (χ1v) is 8.31. The lowest BCUT2D eigenvalue weighted by Gasteiger charge is -2.20. The molecule has 0 radical (unpaired) electrons. The molecule has 1 saturated heterocycles. The minimum atomic E-state index is -4.15. The number of halogens is 1. The Bertz CT molecular complexity index is 700. The van der Waals surface area contributed by atoms with E-state index in [1.165, 1.54) is 19.1 Å². The van der Waals surface area contributed by atoms with Gasteiger partial charge < -0.3 is 5.32 Å². The van der Waals surface area contributed by atoms with E-state index in [-0.39, 0.29) is 4.91 Å². The third-order valence-electron chi connectivity index (χ3n) is 3.43. The Morgan fingerprint density at radius 1 is 1.29 bits per heavy atom. The van der Waals surface area contributed by atoms with Gasteiger partial charge in [-0.15, -0.1) is 0 Å². The maximum Gasteiger partial charge on any atom is 0.214 e. The maximum absolute atomic E-state index is 14.0. The molecule has 114 valence electrons. The van der Waals surface area contributed by atoms with Crippen molar-refractivity contribution < 1.29 is 17.6 Å². The highest BCUT2D eigenvalue weighted by Crippen LogP contribution is 2.27. The molecule has 0 atom stereocenters. The summed E-state index contributed by atoms with van der Waals surface area (Å²) in [4.78, 5) is 11.1. The second-order valence-corrected chi connectivity index (χ2v) is 7.04. The number of ketones is 1. The fraction of sp³-hybridized carbons (Fsp3) is 0.400. The number of aryl methyl sites for hydroxylation is 1. The van der Waals surface area contributed by atoms with Crippen LogP contribution in [0.4, 0.5) is 4.39 Å². The van der Waals surface area contributed by atoms with Gasteiger partial charge in [0, 0.05) is 12.2 Å². The smallest absolute Gasteiger partial charge is 0.214 e. The Morgan fingerprint density at radius 3 is 2.52 bits per heavy atom. The zero-order chi connectivity index (χ0) is 15.6. The Hall–Kier alpha value is -1.69. The molecule has 6 heteroatoms. The number of hydrogen-bond donors (Lipinski definition) is 1. The molecule has 0 aromatic heterocycles. The van der Waals surface area contributed by atoms with E-state index in [1.54, 1.807) is 6.92 Å². The zero-order valence-electron chi connectivity index (χ0n) is 12.1. The van der Waals surface area contributed by atoms with Crippen LogP contribution in [-0.4, -0.2) is 20.7 Å². The van der Waals surface area contributed by atoms with Crippen molar-refractivity contribution in [2.45, 2.75) is 38.0 Å². The van der Waals surface area contributed by atoms with Gasteiger partial charge in [-0.05, 0) is 50.8 Å². The van der Waals surface area contributed by atoms with E-state index < -0.39 is 26.3 Å². The summed E-state index contributed by atoms with van der Waals surface area (Å²) in [5, 5.41) is 2.96. The summed E-state index contributed by atoms with van der Waals surface area (Å²) < 4.78 is 39.3. The first kappa shape index (κ1) is 15.7. The SMILES string of the molecule is CC(=O)/C(=C1\CCCCN1)S(=O)(=O)c1ccc(C)cc1F. The van der Waals surface area contributed by atoms with Gasteiger partial charge in [0.25, 0.3) is 0 Å². The van der Waals surface area contributed by atoms with Crippen LogP contribution in [-0.2, 0) is 14.6 Å². The number of nitrogens with one attached hydrogen (secondary N) is 1. The van der Waals surface area contributed by atoms with Crippen molar-refractivity contribution in [2.24, 2.45) is 0 Å². The highest BCUT2D eigenvalue weighted by Gasteiger charge is 2.31. The van der Waals surface area contributed by atoms with Gasteiger partial charge in [0.2, 0.25) is 9.84 Å². The molecule has 1 aliphatic heterocycles. The largest absolute Gasteiger partial charge is 0.387 e. The lowest BCUT2D eigenvalue weighted by atomic mass is 10.1. The molecule has 1 N–H and O–H groups in total. The maximum atomic E-state index is 14.0. The molecule has 2 rings (SSSR count). The molecule has 0 amide bonds. The molecule has 1 heterocycles. The number of Topliss-reactive ketones (excluding diaryl/α,β-unsaturated/α-hetero) is 1. The number of carbonyl (C=O) groups is 1. The van der Waals surface area contributed by atoms with Crippen LogP contribution in [0, 0.1) is 12.7 Å². The van der Waals surface area contributed by atoms with E-state index in [4.69, 9.17) is 0 Å². The van der Waals surface area contributed by atoms with Crippen molar-refractivity contribution in [1.82, 2.24) is 5.32 Å². The topological polar surface area (TPSA) is 63.2 Å². The van der Waals surface area contributed by atoms with E-state index >= 15 is 0 Å². The number of hydrogen-bond acceptors (Lipinski definition) is 4. The molecular formula is C15H18FNO3S. The first-order valence-electron chi connectivity index (χ1n) is 6.83. The molecular weight excluding hydrogens is 293 g/mol. The number of piperidine rings is 1. The van der Waals surface area contributed by atoms with E-state index in [2.05, 4.69) is 5.32 Å². The lowest BCUT2D eigenvalue weighted by molar-refractivity contribution is -0.113. The molecule has 1 aliphatic rings. The predicted molar refractivity (Wildman–Crippen MR) is 77.9 cm³/mol.